The van der Waals surface area contributed by atoms with Crippen molar-refractivity contribution in [1.82, 2.24) is 5.43 Å². The number of nitrogens with zero attached hydrogens (tertiary/aromatic N) is 1. The maximum atomic E-state index is 13.5. The second-order valence-electron chi connectivity index (χ2n) is 5.98. The normalized spacial score (nSPS) is 10.5. The van der Waals surface area contributed by atoms with Crippen molar-refractivity contribution in [2.24, 2.45) is 5.10 Å². The summed E-state index contributed by atoms with van der Waals surface area (Å²) >= 11 is 0. The number of nitrogens with one attached hydrogen (secondary N) is 2. The molecule has 6 nitrogen and oxygen atoms in total. The van der Waals surface area contributed by atoms with Crippen LogP contribution in [0, 0.1) is 5.82 Å². The van der Waals surface area contributed by atoms with E-state index in [1.54, 1.807) is 30.3 Å². The van der Waals surface area contributed by atoms with E-state index in [1.165, 1.54) is 24.4 Å². The number of carbonyl (C=O) groups is 2. The summed E-state index contributed by atoms with van der Waals surface area (Å²) < 4.78 is 19.2. The molecule has 0 aliphatic rings. The fourth-order valence-electron chi connectivity index (χ4n) is 2.35. The second kappa shape index (κ2) is 9.80. The third kappa shape index (κ3) is 6.00. The Kier molecular flexibility index (Phi) is 6.67. The number of hydrogen-bond acceptors (Lipinski definition) is 4. The molecule has 29 heavy (non-hydrogen) atoms. The van der Waals surface area contributed by atoms with Crippen LogP contribution < -0.4 is 15.5 Å². The molecular formula is C22H18FN3O3. The molecule has 0 fully saturated rings. The van der Waals surface area contributed by atoms with E-state index >= 15 is 0 Å². The minimum atomic E-state index is -1.02. The molecular weight excluding hydrogens is 373 g/mol. The second-order valence-corrected chi connectivity index (χ2v) is 5.98. The highest BCUT2D eigenvalue weighted by atomic mass is 19.1. The standard InChI is InChI=1S/C22H18FN3O3/c23-19-8-4-5-9-20(19)25-21(27)22(28)26-24-14-16-10-12-18(13-11-16)29-15-17-6-2-1-3-7-17/h1-14H,15H2,(H,25,27)(H,26,28)/b24-14+. The number of hydrogen-bond donors (Lipinski definition) is 2. The van der Waals surface area contributed by atoms with Gasteiger partial charge in [0.15, 0.2) is 0 Å². The summed E-state index contributed by atoms with van der Waals surface area (Å²) in [6, 6.07) is 22.4. The number of benzene rings is 3. The molecule has 0 radical (unpaired) electrons. The number of ether oxygens (including phenoxy) is 1. The van der Waals surface area contributed by atoms with Crippen LogP contribution in [0.1, 0.15) is 11.1 Å². The Morgan fingerprint density at radius 1 is 0.897 bits per heavy atom. The summed E-state index contributed by atoms with van der Waals surface area (Å²) in [5, 5.41) is 5.91. The van der Waals surface area contributed by atoms with Gasteiger partial charge in [0, 0.05) is 0 Å². The number of para-hydroxylation sites is 1. The maximum absolute atomic E-state index is 13.5. The van der Waals surface area contributed by atoms with E-state index in [1.807, 2.05) is 30.3 Å². The van der Waals surface area contributed by atoms with Crippen molar-refractivity contribution in [2.45, 2.75) is 6.61 Å². The van der Waals surface area contributed by atoms with E-state index in [0.717, 1.165) is 5.56 Å². The first-order chi connectivity index (χ1) is 14.1. The lowest BCUT2D eigenvalue weighted by Crippen LogP contribution is -2.32. The van der Waals surface area contributed by atoms with Gasteiger partial charge in [-0.15, -0.1) is 0 Å². The van der Waals surface area contributed by atoms with Crippen LogP contribution in [0.25, 0.3) is 0 Å². The van der Waals surface area contributed by atoms with Gasteiger partial charge in [0.25, 0.3) is 0 Å². The smallest absolute Gasteiger partial charge is 0.329 e. The van der Waals surface area contributed by atoms with E-state index in [0.29, 0.717) is 17.9 Å². The Hall–Kier alpha value is -4.00. The molecule has 3 aromatic rings. The van der Waals surface area contributed by atoms with Crippen LogP contribution in [0.5, 0.6) is 5.75 Å². The monoisotopic (exact) mass is 391 g/mol. The maximum Gasteiger partial charge on any atom is 0.329 e. The number of halogens is 1. The summed E-state index contributed by atoms with van der Waals surface area (Å²) in [6.45, 7) is 0.460. The van der Waals surface area contributed by atoms with E-state index in [2.05, 4.69) is 15.8 Å². The predicted molar refractivity (Wildman–Crippen MR) is 108 cm³/mol. The Morgan fingerprint density at radius 3 is 2.31 bits per heavy atom. The van der Waals surface area contributed by atoms with Crippen LogP contribution in [-0.4, -0.2) is 18.0 Å². The first-order valence-corrected chi connectivity index (χ1v) is 8.77. The Balaban J connectivity index is 1.47. The van der Waals surface area contributed by atoms with Crippen molar-refractivity contribution >= 4 is 23.7 Å². The zero-order valence-corrected chi connectivity index (χ0v) is 15.3. The highest BCUT2D eigenvalue weighted by Gasteiger charge is 2.14. The molecule has 0 unspecified atom stereocenters. The van der Waals surface area contributed by atoms with Gasteiger partial charge in [-0.3, -0.25) is 9.59 Å². The molecule has 0 saturated heterocycles. The lowest BCUT2D eigenvalue weighted by atomic mass is 10.2. The van der Waals surface area contributed by atoms with Crippen molar-refractivity contribution < 1.29 is 18.7 Å². The number of amides is 2. The quantitative estimate of drug-likeness (QED) is 0.383. The van der Waals surface area contributed by atoms with E-state index < -0.39 is 17.6 Å². The van der Waals surface area contributed by atoms with Crippen LogP contribution in [-0.2, 0) is 16.2 Å². The Bertz CT molecular complexity index is 1010. The van der Waals surface area contributed by atoms with E-state index in [9.17, 15) is 14.0 Å². The molecule has 3 rings (SSSR count). The third-order valence-electron chi connectivity index (χ3n) is 3.84. The first-order valence-electron chi connectivity index (χ1n) is 8.77. The van der Waals surface area contributed by atoms with Gasteiger partial charge < -0.3 is 10.1 Å². The Labute approximate surface area is 167 Å². The summed E-state index contributed by atoms with van der Waals surface area (Å²) in [5.74, 6) is -1.96. The van der Waals surface area contributed by atoms with Crippen molar-refractivity contribution in [3.8, 4) is 5.75 Å². The molecule has 0 atom stereocenters. The van der Waals surface area contributed by atoms with Crippen LogP contribution in [0.4, 0.5) is 10.1 Å². The molecule has 0 heterocycles. The van der Waals surface area contributed by atoms with Gasteiger partial charge in [0.05, 0.1) is 11.9 Å². The molecule has 0 saturated carbocycles. The average Bonchev–Trinajstić information content (AvgIpc) is 2.75. The first kappa shape index (κ1) is 19.8. The van der Waals surface area contributed by atoms with Gasteiger partial charge in [-0.2, -0.15) is 5.10 Å². The van der Waals surface area contributed by atoms with Gasteiger partial charge in [0.2, 0.25) is 0 Å². The topological polar surface area (TPSA) is 79.8 Å². The zero-order chi connectivity index (χ0) is 20.5. The minimum absolute atomic E-state index is 0.0808. The number of hydrazone groups is 1. The van der Waals surface area contributed by atoms with Crippen LogP contribution in [0.2, 0.25) is 0 Å². The largest absolute Gasteiger partial charge is 0.489 e. The molecule has 3 aromatic carbocycles. The molecule has 0 aliphatic heterocycles. The molecule has 0 aromatic heterocycles. The van der Waals surface area contributed by atoms with Crippen LogP contribution >= 0.6 is 0 Å². The summed E-state index contributed by atoms with van der Waals surface area (Å²) in [6.07, 6.45) is 1.38. The van der Waals surface area contributed by atoms with Crippen molar-refractivity contribution in [1.29, 1.82) is 0 Å². The summed E-state index contributed by atoms with van der Waals surface area (Å²) in [7, 11) is 0. The zero-order valence-electron chi connectivity index (χ0n) is 15.3. The molecule has 2 amide bonds. The van der Waals surface area contributed by atoms with E-state index in [-0.39, 0.29) is 5.69 Å². The molecule has 7 heteroatoms. The average molecular weight is 391 g/mol. The lowest BCUT2D eigenvalue weighted by Gasteiger charge is -2.06. The van der Waals surface area contributed by atoms with Gasteiger partial charge in [0.1, 0.15) is 18.2 Å². The molecule has 2 N–H and O–H groups in total. The highest BCUT2D eigenvalue weighted by Crippen LogP contribution is 2.14. The molecule has 146 valence electrons. The Morgan fingerprint density at radius 2 is 1.59 bits per heavy atom. The molecule has 0 spiro atoms. The number of rotatable bonds is 6. The van der Waals surface area contributed by atoms with Crippen molar-refractivity contribution in [2.75, 3.05) is 5.32 Å². The van der Waals surface area contributed by atoms with Gasteiger partial charge in [-0.1, -0.05) is 42.5 Å². The lowest BCUT2D eigenvalue weighted by molar-refractivity contribution is -0.136. The third-order valence-corrected chi connectivity index (χ3v) is 3.84. The summed E-state index contributed by atoms with van der Waals surface area (Å²) in [4.78, 5) is 23.5. The number of carbonyl (C=O) groups excluding carboxylic acids is 2. The van der Waals surface area contributed by atoms with Gasteiger partial charge in [-0.05, 0) is 47.5 Å². The van der Waals surface area contributed by atoms with Crippen molar-refractivity contribution in [3.05, 3.63) is 95.8 Å². The SMILES string of the molecule is O=C(N/N=C/c1ccc(OCc2ccccc2)cc1)C(=O)Nc1ccccc1F. The van der Waals surface area contributed by atoms with Gasteiger partial charge in [-0.25, -0.2) is 9.82 Å². The predicted octanol–water partition coefficient (Wildman–Crippen LogP) is 3.49. The summed E-state index contributed by atoms with van der Waals surface area (Å²) in [5.41, 5.74) is 3.78. The highest BCUT2D eigenvalue weighted by molar-refractivity contribution is 6.39. The van der Waals surface area contributed by atoms with Crippen LogP contribution in [0.3, 0.4) is 0 Å². The molecule has 0 bridgehead atoms. The van der Waals surface area contributed by atoms with Crippen LogP contribution in [0.15, 0.2) is 84.0 Å². The fraction of sp³-hybridized carbons (Fsp3) is 0.0455. The minimum Gasteiger partial charge on any atom is -0.489 e. The van der Waals surface area contributed by atoms with Crippen molar-refractivity contribution in [3.63, 3.8) is 0 Å². The number of anilines is 1. The fourth-order valence-corrected chi connectivity index (χ4v) is 2.35. The van der Waals surface area contributed by atoms with E-state index in [4.69, 9.17) is 4.74 Å². The molecule has 0 aliphatic carbocycles. The van der Waals surface area contributed by atoms with Gasteiger partial charge >= 0.3 is 11.8 Å².